The van der Waals surface area contributed by atoms with E-state index in [1.54, 1.807) is 0 Å². The Kier molecular flexibility index (Phi) is 3.52. The molecule has 1 fully saturated rings. The van der Waals surface area contributed by atoms with Crippen LogP contribution in [0.1, 0.15) is 42.9 Å². The summed E-state index contributed by atoms with van der Waals surface area (Å²) in [5.74, 6) is 1.91. The molecule has 4 nitrogen and oxygen atoms in total. The van der Waals surface area contributed by atoms with Crippen molar-refractivity contribution >= 4 is 5.91 Å². The van der Waals surface area contributed by atoms with Gasteiger partial charge >= 0.3 is 0 Å². The first kappa shape index (κ1) is 12.2. The molecular formula is C13H20N2O2. The highest BCUT2D eigenvalue weighted by Crippen LogP contribution is 2.21. The molecule has 0 spiro atoms. The number of furan rings is 1. The van der Waals surface area contributed by atoms with Crippen molar-refractivity contribution in [2.75, 3.05) is 6.54 Å². The molecule has 2 rings (SSSR count). The van der Waals surface area contributed by atoms with Gasteiger partial charge in [0.05, 0.1) is 6.54 Å². The van der Waals surface area contributed by atoms with E-state index < -0.39 is 0 Å². The van der Waals surface area contributed by atoms with Crippen LogP contribution in [0.2, 0.25) is 0 Å². The number of carbonyl (C=O) groups is 1. The Morgan fingerprint density at radius 2 is 2.24 bits per heavy atom. The summed E-state index contributed by atoms with van der Waals surface area (Å²) in [6.07, 6.45) is 2.25. The van der Waals surface area contributed by atoms with Crippen molar-refractivity contribution < 1.29 is 9.21 Å². The van der Waals surface area contributed by atoms with Crippen molar-refractivity contribution in [3.63, 3.8) is 0 Å². The number of amides is 1. The van der Waals surface area contributed by atoms with Gasteiger partial charge in [-0.3, -0.25) is 4.79 Å². The molecular weight excluding hydrogens is 216 g/mol. The molecule has 94 valence electrons. The van der Waals surface area contributed by atoms with Gasteiger partial charge in [-0.15, -0.1) is 0 Å². The highest BCUT2D eigenvalue weighted by molar-refractivity contribution is 5.78. The predicted octanol–water partition coefficient (Wildman–Crippen LogP) is 1.83. The SMILES string of the molecule is Cc1cc(C(C)NCC(=O)NC2CC2)c(C)o1. The van der Waals surface area contributed by atoms with Gasteiger partial charge in [-0.05, 0) is 39.7 Å². The molecule has 0 bridgehead atoms. The summed E-state index contributed by atoms with van der Waals surface area (Å²) >= 11 is 0. The highest BCUT2D eigenvalue weighted by atomic mass is 16.3. The van der Waals surface area contributed by atoms with E-state index in [2.05, 4.69) is 10.6 Å². The third-order valence-corrected chi connectivity index (χ3v) is 3.06. The number of nitrogens with one attached hydrogen (secondary N) is 2. The monoisotopic (exact) mass is 236 g/mol. The van der Waals surface area contributed by atoms with Crippen LogP contribution < -0.4 is 10.6 Å². The van der Waals surface area contributed by atoms with E-state index >= 15 is 0 Å². The second-order valence-corrected chi connectivity index (χ2v) is 4.81. The fraction of sp³-hybridized carbons (Fsp3) is 0.615. The molecule has 1 saturated carbocycles. The zero-order chi connectivity index (χ0) is 12.4. The molecule has 1 aromatic rings. The molecule has 0 saturated heterocycles. The van der Waals surface area contributed by atoms with Gasteiger partial charge in [-0.1, -0.05) is 0 Å². The van der Waals surface area contributed by atoms with Crippen LogP contribution in [0.4, 0.5) is 0 Å². The van der Waals surface area contributed by atoms with E-state index in [1.165, 1.54) is 0 Å². The minimum atomic E-state index is 0.0808. The summed E-state index contributed by atoms with van der Waals surface area (Å²) < 4.78 is 5.48. The summed E-state index contributed by atoms with van der Waals surface area (Å²) in [5, 5.41) is 6.17. The van der Waals surface area contributed by atoms with Gasteiger partial charge in [0.15, 0.2) is 0 Å². The Balaban J connectivity index is 1.81. The van der Waals surface area contributed by atoms with Crippen LogP contribution in [0.3, 0.4) is 0 Å². The van der Waals surface area contributed by atoms with Gasteiger partial charge in [-0.2, -0.15) is 0 Å². The van der Waals surface area contributed by atoms with Crippen molar-refractivity contribution in [1.29, 1.82) is 0 Å². The quantitative estimate of drug-likeness (QED) is 0.820. The molecule has 1 atom stereocenters. The van der Waals surface area contributed by atoms with Crippen LogP contribution >= 0.6 is 0 Å². The maximum absolute atomic E-state index is 11.5. The van der Waals surface area contributed by atoms with Crippen LogP contribution in [0.15, 0.2) is 10.5 Å². The smallest absolute Gasteiger partial charge is 0.234 e. The van der Waals surface area contributed by atoms with Crippen molar-refractivity contribution in [3.05, 3.63) is 23.2 Å². The second-order valence-electron chi connectivity index (χ2n) is 4.81. The van der Waals surface area contributed by atoms with Gasteiger partial charge in [0, 0.05) is 17.6 Å². The Morgan fingerprint density at radius 3 is 2.76 bits per heavy atom. The molecule has 0 radical (unpaired) electrons. The van der Waals surface area contributed by atoms with E-state index in [0.717, 1.165) is 29.9 Å². The summed E-state index contributed by atoms with van der Waals surface area (Å²) in [6, 6.07) is 2.58. The lowest BCUT2D eigenvalue weighted by molar-refractivity contribution is -0.120. The van der Waals surface area contributed by atoms with Gasteiger partial charge in [0.2, 0.25) is 5.91 Å². The summed E-state index contributed by atoms with van der Waals surface area (Å²) in [5.41, 5.74) is 1.13. The molecule has 1 unspecified atom stereocenters. The molecule has 1 aliphatic carbocycles. The second kappa shape index (κ2) is 4.92. The first-order valence-corrected chi connectivity index (χ1v) is 6.16. The van der Waals surface area contributed by atoms with Crippen LogP contribution in [0.5, 0.6) is 0 Å². The summed E-state index contributed by atoms with van der Waals surface area (Å²) in [6.45, 7) is 6.29. The minimum absolute atomic E-state index is 0.0808. The van der Waals surface area contributed by atoms with E-state index in [0.29, 0.717) is 12.6 Å². The Morgan fingerprint density at radius 1 is 1.53 bits per heavy atom. The van der Waals surface area contributed by atoms with E-state index in [-0.39, 0.29) is 11.9 Å². The van der Waals surface area contributed by atoms with Gasteiger partial charge in [-0.25, -0.2) is 0 Å². The molecule has 1 aromatic heterocycles. The number of hydrogen-bond acceptors (Lipinski definition) is 3. The van der Waals surface area contributed by atoms with Crippen LogP contribution in [0, 0.1) is 13.8 Å². The van der Waals surface area contributed by atoms with Crippen molar-refractivity contribution in [2.45, 2.75) is 45.7 Å². The summed E-state index contributed by atoms with van der Waals surface area (Å²) in [4.78, 5) is 11.5. The maximum atomic E-state index is 11.5. The average molecular weight is 236 g/mol. The fourth-order valence-corrected chi connectivity index (χ4v) is 1.94. The molecule has 1 amide bonds. The zero-order valence-electron chi connectivity index (χ0n) is 10.7. The molecule has 1 heterocycles. The average Bonchev–Trinajstić information content (AvgIpc) is 3.00. The van der Waals surface area contributed by atoms with Crippen LogP contribution in [-0.2, 0) is 4.79 Å². The van der Waals surface area contributed by atoms with Crippen molar-refractivity contribution in [3.8, 4) is 0 Å². The lowest BCUT2D eigenvalue weighted by Crippen LogP contribution is -2.36. The molecule has 2 N–H and O–H groups in total. The molecule has 4 heteroatoms. The van der Waals surface area contributed by atoms with Crippen molar-refractivity contribution in [2.24, 2.45) is 0 Å². The minimum Gasteiger partial charge on any atom is -0.466 e. The zero-order valence-corrected chi connectivity index (χ0v) is 10.7. The third kappa shape index (κ3) is 3.33. The normalized spacial score (nSPS) is 16.9. The molecule has 0 aliphatic heterocycles. The number of aryl methyl sites for hydroxylation is 2. The maximum Gasteiger partial charge on any atom is 0.234 e. The highest BCUT2D eigenvalue weighted by Gasteiger charge is 2.23. The lowest BCUT2D eigenvalue weighted by Gasteiger charge is -2.12. The van der Waals surface area contributed by atoms with E-state index in [1.807, 2.05) is 26.8 Å². The van der Waals surface area contributed by atoms with E-state index in [9.17, 15) is 4.79 Å². The lowest BCUT2D eigenvalue weighted by atomic mass is 10.1. The molecule has 0 aromatic carbocycles. The topological polar surface area (TPSA) is 54.3 Å². The van der Waals surface area contributed by atoms with E-state index in [4.69, 9.17) is 4.42 Å². The number of hydrogen-bond donors (Lipinski definition) is 2. The van der Waals surface area contributed by atoms with Crippen LogP contribution in [-0.4, -0.2) is 18.5 Å². The summed E-state index contributed by atoms with van der Waals surface area (Å²) in [7, 11) is 0. The number of carbonyl (C=O) groups excluding carboxylic acids is 1. The van der Waals surface area contributed by atoms with Crippen LogP contribution in [0.25, 0.3) is 0 Å². The Labute approximate surface area is 102 Å². The first-order chi connectivity index (χ1) is 8.06. The Bertz CT molecular complexity index is 408. The van der Waals surface area contributed by atoms with Crippen molar-refractivity contribution in [1.82, 2.24) is 10.6 Å². The molecule has 17 heavy (non-hydrogen) atoms. The number of rotatable bonds is 5. The largest absolute Gasteiger partial charge is 0.466 e. The molecule has 1 aliphatic rings. The third-order valence-electron chi connectivity index (χ3n) is 3.06. The first-order valence-electron chi connectivity index (χ1n) is 6.16. The van der Waals surface area contributed by atoms with Gasteiger partial charge in [0.1, 0.15) is 11.5 Å². The predicted molar refractivity (Wildman–Crippen MR) is 65.8 cm³/mol. The fourth-order valence-electron chi connectivity index (χ4n) is 1.94. The van der Waals surface area contributed by atoms with Gasteiger partial charge in [0.25, 0.3) is 0 Å². The van der Waals surface area contributed by atoms with Gasteiger partial charge < -0.3 is 15.1 Å². The standard InChI is InChI=1S/C13H20N2O2/c1-8-6-12(10(3)17-8)9(2)14-7-13(16)15-11-4-5-11/h6,9,11,14H,4-5,7H2,1-3H3,(H,15,16). The Hall–Kier alpha value is -1.29.